The van der Waals surface area contributed by atoms with Gasteiger partial charge in [-0.05, 0) is 18.6 Å². The number of aromatic amines is 1. The van der Waals surface area contributed by atoms with E-state index < -0.39 is 11.1 Å². The van der Waals surface area contributed by atoms with Gasteiger partial charge >= 0.3 is 0 Å². The lowest BCUT2D eigenvalue weighted by atomic mass is 10.0. The van der Waals surface area contributed by atoms with Crippen LogP contribution in [0.4, 0.5) is 10.2 Å². The number of aliphatic imine (C=N–C) groups is 1. The van der Waals surface area contributed by atoms with Gasteiger partial charge in [0.15, 0.2) is 10.6 Å². The van der Waals surface area contributed by atoms with Crippen LogP contribution in [-0.4, -0.2) is 48.9 Å². The molecule has 6 rings (SSSR count). The van der Waals surface area contributed by atoms with E-state index >= 15 is 0 Å². The molecule has 3 aromatic heterocycles. The molecule has 2 aliphatic heterocycles. The highest BCUT2D eigenvalue weighted by molar-refractivity contribution is 8.08. The second kappa shape index (κ2) is 7.18. The number of nitrogens with one attached hydrogen (secondary N) is 2. The average Bonchev–Trinajstić information content (AvgIpc) is 3.12. The Labute approximate surface area is 187 Å². The van der Waals surface area contributed by atoms with Crippen LogP contribution in [0.3, 0.4) is 0 Å². The molecule has 7 nitrogen and oxygen atoms in total. The highest BCUT2D eigenvalue weighted by Gasteiger charge is 2.56. The van der Waals surface area contributed by atoms with Crippen molar-refractivity contribution in [2.45, 2.75) is 29.7 Å². The van der Waals surface area contributed by atoms with Crippen LogP contribution in [0.25, 0.3) is 22.1 Å². The predicted molar refractivity (Wildman–Crippen MR) is 126 cm³/mol. The first-order valence-corrected chi connectivity index (χ1v) is 11.3. The summed E-state index contributed by atoms with van der Waals surface area (Å²) in [5.74, 6) is 0.748. The van der Waals surface area contributed by atoms with E-state index in [1.807, 2.05) is 43.5 Å². The molecule has 32 heavy (non-hydrogen) atoms. The number of benzene rings is 1. The van der Waals surface area contributed by atoms with Gasteiger partial charge in [-0.1, -0.05) is 18.2 Å². The Kier molecular flexibility index (Phi) is 4.38. The van der Waals surface area contributed by atoms with Crippen molar-refractivity contribution >= 4 is 45.9 Å². The minimum Gasteiger partial charge on any atom is -0.374 e. The number of aryl methyl sites for hydroxylation is 1. The van der Waals surface area contributed by atoms with Gasteiger partial charge in [0, 0.05) is 59.7 Å². The topological polar surface area (TPSA) is 90.6 Å². The zero-order valence-electron chi connectivity index (χ0n) is 17.3. The zero-order valence-corrected chi connectivity index (χ0v) is 18.1. The predicted octanol–water partition coefficient (Wildman–Crippen LogP) is 4.05. The quantitative estimate of drug-likeness (QED) is 0.401. The lowest BCUT2D eigenvalue weighted by Crippen LogP contribution is -2.19. The Hall–Kier alpha value is -3.17. The number of nitrogens with zero attached hydrogens (tertiary/aromatic N) is 4. The molecule has 1 fully saturated rings. The Morgan fingerprint density at radius 2 is 2.25 bits per heavy atom. The van der Waals surface area contributed by atoms with E-state index in [9.17, 15) is 9.50 Å². The van der Waals surface area contributed by atoms with Gasteiger partial charge in [-0.3, -0.25) is 4.99 Å². The van der Waals surface area contributed by atoms with Crippen LogP contribution < -0.4 is 5.32 Å². The van der Waals surface area contributed by atoms with Gasteiger partial charge in [0.05, 0.1) is 17.1 Å². The first-order valence-electron chi connectivity index (χ1n) is 10.5. The van der Waals surface area contributed by atoms with Gasteiger partial charge in [0.25, 0.3) is 0 Å². The fourth-order valence-electron chi connectivity index (χ4n) is 4.24. The minimum atomic E-state index is -1.11. The van der Waals surface area contributed by atoms with Crippen molar-refractivity contribution in [2.75, 3.05) is 11.9 Å². The molecule has 3 N–H and O–H groups in total. The van der Waals surface area contributed by atoms with Crippen molar-refractivity contribution in [1.82, 2.24) is 19.6 Å². The minimum absolute atomic E-state index is 0.0150. The van der Waals surface area contributed by atoms with E-state index in [1.165, 1.54) is 18.0 Å². The molecule has 1 saturated heterocycles. The van der Waals surface area contributed by atoms with Crippen molar-refractivity contribution in [2.24, 2.45) is 4.99 Å². The number of halogens is 1. The van der Waals surface area contributed by atoms with Crippen LogP contribution in [-0.2, 0) is 4.93 Å². The third-order valence-electron chi connectivity index (χ3n) is 6.02. The summed E-state index contributed by atoms with van der Waals surface area (Å²) in [5.41, 5.74) is 4.99. The lowest BCUT2D eigenvalue weighted by molar-refractivity contribution is 0.176. The number of hydrogen-bond acceptors (Lipinski definition) is 6. The van der Waals surface area contributed by atoms with Crippen molar-refractivity contribution in [3.63, 3.8) is 0 Å². The number of para-hydroxylation sites is 1. The van der Waals surface area contributed by atoms with E-state index in [0.717, 1.165) is 33.4 Å². The van der Waals surface area contributed by atoms with Crippen LogP contribution in [0.15, 0.2) is 53.9 Å². The van der Waals surface area contributed by atoms with Crippen molar-refractivity contribution in [3.05, 3.63) is 65.7 Å². The molecule has 0 saturated carbocycles. The van der Waals surface area contributed by atoms with Crippen LogP contribution in [0, 0.1) is 6.92 Å². The molecule has 0 amide bonds. The molecule has 3 atom stereocenters. The summed E-state index contributed by atoms with van der Waals surface area (Å²) in [6, 6.07) is 9.85. The monoisotopic (exact) mass is 448 g/mol. The summed E-state index contributed by atoms with van der Waals surface area (Å²) in [4.78, 5) is 11.0. The Balaban J connectivity index is 1.28. The van der Waals surface area contributed by atoms with Gasteiger partial charge in [-0.25, -0.2) is 9.37 Å². The SMILES string of the molecule is Cc1cnn2c(NCC3S[C@]3(O)c3c[nH]c4ccccc34)cc(C3=CN=CC(F)C3)nc12. The maximum Gasteiger partial charge on any atom is 0.160 e. The number of H-pyrrole nitrogens is 1. The second-order valence-electron chi connectivity index (χ2n) is 8.19. The molecule has 2 unspecified atom stereocenters. The van der Waals surface area contributed by atoms with E-state index in [2.05, 4.69) is 20.4 Å². The third-order valence-corrected chi connectivity index (χ3v) is 7.42. The van der Waals surface area contributed by atoms with Gasteiger partial charge in [0.2, 0.25) is 0 Å². The number of aromatic nitrogens is 4. The maximum absolute atomic E-state index is 13.9. The van der Waals surface area contributed by atoms with Gasteiger partial charge < -0.3 is 15.4 Å². The van der Waals surface area contributed by atoms with Crippen molar-refractivity contribution in [3.8, 4) is 0 Å². The Morgan fingerprint density at radius 1 is 1.38 bits per heavy atom. The lowest BCUT2D eigenvalue weighted by Gasteiger charge is -2.15. The van der Waals surface area contributed by atoms with Gasteiger partial charge in [-0.15, -0.1) is 11.8 Å². The van der Waals surface area contributed by atoms with Gasteiger partial charge in [0.1, 0.15) is 12.0 Å². The summed E-state index contributed by atoms with van der Waals surface area (Å²) in [5, 5.41) is 20.1. The van der Waals surface area contributed by atoms with E-state index in [4.69, 9.17) is 4.98 Å². The van der Waals surface area contributed by atoms with Crippen LogP contribution in [0.2, 0.25) is 0 Å². The van der Waals surface area contributed by atoms with Crippen molar-refractivity contribution in [1.29, 1.82) is 0 Å². The number of fused-ring (bicyclic) bond motifs is 2. The molecule has 9 heteroatoms. The van der Waals surface area contributed by atoms with Crippen LogP contribution in [0.5, 0.6) is 0 Å². The fraction of sp³-hybridized carbons (Fsp3) is 0.261. The zero-order chi connectivity index (χ0) is 21.9. The normalized spacial score (nSPS) is 24.8. The molecule has 5 heterocycles. The Bertz CT molecular complexity index is 1410. The number of rotatable bonds is 5. The number of aliphatic hydroxyl groups is 1. The maximum atomic E-state index is 13.9. The summed E-state index contributed by atoms with van der Waals surface area (Å²) < 4.78 is 15.6. The molecular formula is C23H21FN6OS. The first kappa shape index (κ1) is 19.5. The number of allylic oxidation sites excluding steroid dienone is 1. The molecular weight excluding hydrogens is 427 g/mol. The molecule has 0 aliphatic carbocycles. The highest BCUT2D eigenvalue weighted by Crippen LogP contribution is 2.60. The fourth-order valence-corrected chi connectivity index (χ4v) is 5.28. The summed E-state index contributed by atoms with van der Waals surface area (Å²) in [6.07, 6.45) is 5.76. The van der Waals surface area contributed by atoms with Gasteiger partial charge in [-0.2, -0.15) is 9.61 Å². The Morgan fingerprint density at radius 3 is 3.12 bits per heavy atom. The third kappa shape index (κ3) is 3.11. The summed E-state index contributed by atoms with van der Waals surface area (Å²) in [7, 11) is 0. The molecule has 0 bridgehead atoms. The number of thioether (sulfide) groups is 1. The number of alkyl halides is 1. The second-order valence-corrected chi connectivity index (χ2v) is 9.62. The van der Waals surface area contributed by atoms with E-state index in [1.54, 1.807) is 16.9 Å². The molecule has 0 radical (unpaired) electrons. The standard InChI is InChI=1S/C23H21FN6OS/c1-13-8-28-30-21(7-19(29-22(13)30)14-6-15(24)10-25-9-14)27-12-20-23(31,32-20)17-11-26-18-5-3-2-4-16(17)18/h2-5,7-11,15,20,26-27,31H,6,12H2,1H3/t15?,20?,23-/m1/s1. The molecule has 0 spiro atoms. The largest absolute Gasteiger partial charge is 0.374 e. The van der Waals surface area contributed by atoms with E-state index in [-0.39, 0.29) is 11.7 Å². The smallest absolute Gasteiger partial charge is 0.160 e. The average molecular weight is 449 g/mol. The summed E-state index contributed by atoms with van der Waals surface area (Å²) in [6.45, 7) is 2.49. The highest BCUT2D eigenvalue weighted by atomic mass is 32.2. The molecule has 2 aliphatic rings. The van der Waals surface area contributed by atoms with Crippen LogP contribution >= 0.6 is 11.8 Å². The summed E-state index contributed by atoms with van der Waals surface area (Å²) >= 11 is 1.52. The first-order chi connectivity index (χ1) is 15.5. The van der Waals surface area contributed by atoms with Crippen molar-refractivity contribution < 1.29 is 9.50 Å². The van der Waals surface area contributed by atoms with Crippen LogP contribution in [0.1, 0.15) is 23.2 Å². The number of anilines is 1. The molecule has 162 valence electrons. The van der Waals surface area contributed by atoms with E-state index in [0.29, 0.717) is 17.9 Å². The molecule has 1 aromatic carbocycles. The number of hydrogen-bond donors (Lipinski definition) is 3. The molecule has 4 aromatic rings.